The Labute approximate surface area is 166 Å². The van der Waals surface area contributed by atoms with Crippen LogP contribution in [0.15, 0.2) is 24.5 Å². The number of rotatable bonds is 7. The monoisotopic (exact) mass is 387 g/mol. The van der Waals surface area contributed by atoms with Gasteiger partial charge in [-0.15, -0.1) is 0 Å². The number of nitrogens with one attached hydrogen (secondary N) is 1. The summed E-state index contributed by atoms with van der Waals surface area (Å²) in [5, 5.41) is 12.4. The first kappa shape index (κ1) is 21.6. The molecule has 1 aromatic heterocycles. The van der Waals surface area contributed by atoms with E-state index in [0.29, 0.717) is 32.6 Å². The Kier molecular flexibility index (Phi) is 8.20. The van der Waals surface area contributed by atoms with E-state index in [4.69, 9.17) is 4.74 Å². The lowest BCUT2D eigenvalue weighted by atomic mass is 10.0. The number of pyridine rings is 1. The van der Waals surface area contributed by atoms with E-state index in [1.165, 1.54) is 0 Å². The van der Waals surface area contributed by atoms with Crippen molar-refractivity contribution in [2.24, 2.45) is 5.92 Å². The zero-order valence-electron chi connectivity index (χ0n) is 16.8. The lowest BCUT2D eigenvalue weighted by molar-refractivity contribution is -0.145. The minimum atomic E-state index is -0.646. The predicted octanol–water partition coefficient (Wildman–Crippen LogP) is 1.95. The van der Waals surface area contributed by atoms with Gasteiger partial charge in [-0.05, 0) is 25.3 Å². The molecule has 8 heteroatoms. The molecule has 1 saturated heterocycles. The highest BCUT2D eigenvalue weighted by Crippen LogP contribution is 2.20. The van der Waals surface area contributed by atoms with Crippen LogP contribution in [0.4, 0.5) is 4.79 Å². The molecule has 28 heavy (non-hydrogen) atoms. The highest BCUT2D eigenvalue weighted by Gasteiger charge is 2.30. The zero-order valence-corrected chi connectivity index (χ0v) is 16.8. The van der Waals surface area contributed by atoms with Crippen LogP contribution >= 0.6 is 0 Å². The first-order chi connectivity index (χ1) is 13.5. The van der Waals surface area contributed by atoms with E-state index >= 15 is 0 Å². The molecule has 2 heterocycles. The number of aromatic nitrogens is 1. The van der Waals surface area contributed by atoms with Gasteiger partial charge in [0.05, 0.1) is 12.7 Å². The van der Waals surface area contributed by atoms with Crippen molar-refractivity contribution in [2.45, 2.75) is 39.3 Å². The van der Waals surface area contributed by atoms with Crippen molar-refractivity contribution < 1.29 is 14.3 Å². The van der Waals surface area contributed by atoms with Crippen LogP contribution in [-0.4, -0.2) is 65.6 Å². The summed E-state index contributed by atoms with van der Waals surface area (Å²) in [5.41, 5.74) is 0.849. The predicted molar refractivity (Wildman–Crippen MR) is 104 cm³/mol. The summed E-state index contributed by atoms with van der Waals surface area (Å²) in [7, 11) is 0. The van der Waals surface area contributed by atoms with Crippen molar-refractivity contribution in [1.82, 2.24) is 20.1 Å². The van der Waals surface area contributed by atoms with Gasteiger partial charge in [0.15, 0.2) is 0 Å². The van der Waals surface area contributed by atoms with Gasteiger partial charge in [0.1, 0.15) is 12.1 Å². The third kappa shape index (κ3) is 5.92. The Bertz CT molecular complexity index is 681. The van der Waals surface area contributed by atoms with Gasteiger partial charge in [-0.3, -0.25) is 9.88 Å². The molecule has 0 spiro atoms. The Morgan fingerprint density at radius 3 is 2.57 bits per heavy atom. The smallest absolute Gasteiger partial charge is 0.328 e. The van der Waals surface area contributed by atoms with Crippen LogP contribution in [0.1, 0.15) is 38.8 Å². The number of urea groups is 1. The van der Waals surface area contributed by atoms with Crippen molar-refractivity contribution >= 4 is 12.0 Å². The van der Waals surface area contributed by atoms with E-state index in [0.717, 1.165) is 5.56 Å². The van der Waals surface area contributed by atoms with Gasteiger partial charge < -0.3 is 15.0 Å². The second-order valence-electron chi connectivity index (χ2n) is 7.22. The fraction of sp³-hybridized carbons (Fsp3) is 0.600. The molecule has 1 aromatic rings. The minimum absolute atomic E-state index is 0.252. The van der Waals surface area contributed by atoms with Gasteiger partial charge in [-0.1, -0.05) is 19.9 Å². The topological polar surface area (TPSA) is 98.6 Å². The Hall–Kier alpha value is -2.66. The van der Waals surface area contributed by atoms with E-state index in [2.05, 4.69) is 16.4 Å². The number of ether oxygens (including phenoxy) is 1. The quantitative estimate of drug-likeness (QED) is 0.718. The van der Waals surface area contributed by atoms with E-state index in [1.807, 2.05) is 30.9 Å². The van der Waals surface area contributed by atoms with Crippen LogP contribution in [0.5, 0.6) is 0 Å². The standard InChI is InChI=1S/C20H29N5O3/c1-4-28-19(26)17(12-15(2)3)23-20(27)25-10-8-24(9-11-25)18(13-21)16-6-5-7-22-14-16/h5-7,14-15,17-18H,4,8-12H2,1-3H3,(H,23,27)/t17-,18?/m0/s1. The number of nitrogens with zero attached hydrogens (tertiary/aromatic N) is 4. The third-order valence-electron chi connectivity index (χ3n) is 4.66. The first-order valence-corrected chi connectivity index (χ1v) is 9.71. The molecule has 152 valence electrons. The number of nitriles is 1. The van der Waals surface area contributed by atoms with Crippen LogP contribution in [0, 0.1) is 17.2 Å². The molecule has 2 amide bonds. The van der Waals surface area contributed by atoms with Crippen LogP contribution in [0.2, 0.25) is 0 Å². The van der Waals surface area contributed by atoms with Crippen molar-refractivity contribution in [2.75, 3.05) is 32.8 Å². The number of hydrogen-bond acceptors (Lipinski definition) is 6. The lowest BCUT2D eigenvalue weighted by Gasteiger charge is -2.37. The second kappa shape index (κ2) is 10.6. The molecule has 1 aliphatic heterocycles. The van der Waals surface area contributed by atoms with E-state index < -0.39 is 12.0 Å². The fourth-order valence-corrected chi connectivity index (χ4v) is 3.26. The third-order valence-corrected chi connectivity index (χ3v) is 4.66. The molecule has 0 aromatic carbocycles. The fourth-order valence-electron chi connectivity index (χ4n) is 3.26. The number of carbonyl (C=O) groups excluding carboxylic acids is 2. The molecular formula is C20H29N5O3. The molecule has 0 saturated carbocycles. The highest BCUT2D eigenvalue weighted by molar-refractivity contribution is 5.83. The Morgan fingerprint density at radius 1 is 1.32 bits per heavy atom. The maximum atomic E-state index is 12.6. The molecule has 2 rings (SSSR count). The summed E-state index contributed by atoms with van der Waals surface area (Å²) in [6.45, 7) is 8.16. The summed E-state index contributed by atoms with van der Waals surface area (Å²) in [4.78, 5) is 32.6. The van der Waals surface area contributed by atoms with Gasteiger partial charge in [0.2, 0.25) is 0 Å². The van der Waals surface area contributed by atoms with E-state index in [-0.39, 0.29) is 24.6 Å². The van der Waals surface area contributed by atoms with Gasteiger partial charge in [0, 0.05) is 44.1 Å². The van der Waals surface area contributed by atoms with Gasteiger partial charge in [-0.2, -0.15) is 5.26 Å². The van der Waals surface area contributed by atoms with Crippen LogP contribution in [0.3, 0.4) is 0 Å². The average Bonchev–Trinajstić information content (AvgIpc) is 2.69. The molecule has 1 unspecified atom stereocenters. The molecule has 2 atom stereocenters. The second-order valence-corrected chi connectivity index (χ2v) is 7.22. The normalized spacial score (nSPS) is 16.9. The van der Waals surface area contributed by atoms with Crippen LogP contribution in [-0.2, 0) is 9.53 Å². The van der Waals surface area contributed by atoms with Crippen LogP contribution in [0.25, 0.3) is 0 Å². The molecule has 1 fully saturated rings. The zero-order chi connectivity index (χ0) is 20.5. The van der Waals surface area contributed by atoms with Crippen molar-refractivity contribution in [3.63, 3.8) is 0 Å². The molecular weight excluding hydrogens is 358 g/mol. The maximum Gasteiger partial charge on any atom is 0.328 e. The Balaban J connectivity index is 1.93. The largest absolute Gasteiger partial charge is 0.464 e. The maximum absolute atomic E-state index is 12.6. The molecule has 0 radical (unpaired) electrons. The first-order valence-electron chi connectivity index (χ1n) is 9.71. The van der Waals surface area contributed by atoms with E-state index in [9.17, 15) is 14.9 Å². The lowest BCUT2D eigenvalue weighted by Crippen LogP contribution is -2.55. The number of esters is 1. The summed E-state index contributed by atoms with van der Waals surface area (Å²) in [6.07, 6.45) is 3.90. The van der Waals surface area contributed by atoms with E-state index in [1.54, 1.807) is 24.2 Å². The number of amides is 2. The number of carbonyl (C=O) groups is 2. The number of hydrogen-bond donors (Lipinski definition) is 1. The Morgan fingerprint density at radius 2 is 2.04 bits per heavy atom. The SMILES string of the molecule is CCOC(=O)[C@H](CC(C)C)NC(=O)N1CCN(C(C#N)c2cccnc2)CC1. The highest BCUT2D eigenvalue weighted by atomic mass is 16.5. The van der Waals surface area contributed by atoms with Crippen molar-refractivity contribution in [3.8, 4) is 6.07 Å². The molecule has 8 nitrogen and oxygen atoms in total. The van der Waals surface area contributed by atoms with Gasteiger partial charge >= 0.3 is 12.0 Å². The minimum Gasteiger partial charge on any atom is -0.464 e. The van der Waals surface area contributed by atoms with Crippen LogP contribution < -0.4 is 5.32 Å². The summed E-state index contributed by atoms with van der Waals surface area (Å²) in [6, 6.07) is 4.72. The molecule has 1 N–H and O–H groups in total. The molecule has 0 bridgehead atoms. The number of piperazine rings is 1. The van der Waals surface area contributed by atoms with Crippen molar-refractivity contribution in [3.05, 3.63) is 30.1 Å². The van der Waals surface area contributed by atoms with Gasteiger partial charge in [0.25, 0.3) is 0 Å². The molecule has 1 aliphatic rings. The summed E-state index contributed by atoms with van der Waals surface area (Å²) < 4.78 is 5.08. The van der Waals surface area contributed by atoms with Gasteiger partial charge in [-0.25, -0.2) is 9.59 Å². The van der Waals surface area contributed by atoms with Crippen molar-refractivity contribution in [1.29, 1.82) is 5.26 Å². The molecule has 0 aliphatic carbocycles. The summed E-state index contributed by atoms with van der Waals surface area (Å²) >= 11 is 0. The summed E-state index contributed by atoms with van der Waals surface area (Å²) in [5.74, 6) is -0.147. The average molecular weight is 387 g/mol.